The van der Waals surface area contributed by atoms with E-state index in [1.807, 2.05) is 13.8 Å². The highest BCUT2D eigenvalue weighted by atomic mass is 19.3. The summed E-state index contributed by atoms with van der Waals surface area (Å²) < 4.78 is 81.8. The zero-order valence-corrected chi connectivity index (χ0v) is 16.3. The molecular weight excluding hydrogens is 391 g/mol. The van der Waals surface area contributed by atoms with Crippen LogP contribution in [0.5, 0.6) is 11.5 Å². The second-order valence-corrected chi connectivity index (χ2v) is 7.12. The Hall–Kier alpha value is -2.31. The summed E-state index contributed by atoms with van der Waals surface area (Å²) >= 11 is 0. The van der Waals surface area contributed by atoms with Gasteiger partial charge in [-0.1, -0.05) is 32.4 Å². The lowest BCUT2D eigenvalue weighted by Gasteiger charge is -2.30. The molecule has 1 heterocycles. The van der Waals surface area contributed by atoms with Crippen molar-refractivity contribution in [2.75, 3.05) is 0 Å². The van der Waals surface area contributed by atoms with Crippen molar-refractivity contribution in [3.8, 4) is 11.5 Å². The average Bonchev–Trinajstić information content (AvgIpc) is 2.67. The molecule has 2 nitrogen and oxygen atoms in total. The number of ether oxygens (including phenoxy) is 2. The van der Waals surface area contributed by atoms with Gasteiger partial charge >= 0.3 is 6.11 Å². The first-order chi connectivity index (χ1) is 13.8. The van der Waals surface area contributed by atoms with E-state index in [9.17, 15) is 22.0 Å². The Morgan fingerprint density at radius 1 is 1.17 bits per heavy atom. The first-order valence-electron chi connectivity index (χ1n) is 9.73. The third kappa shape index (κ3) is 4.49. The van der Waals surface area contributed by atoms with Crippen molar-refractivity contribution in [3.05, 3.63) is 58.4 Å². The number of rotatable bonds is 7. The maximum Gasteiger partial charge on any atom is 0.429 e. The van der Waals surface area contributed by atoms with Gasteiger partial charge in [-0.25, -0.2) is 13.2 Å². The molecule has 0 aliphatic carbocycles. The Bertz CT molecular complexity index is 849. The van der Waals surface area contributed by atoms with Crippen molar-refractivity contribution < 1.29 is 31.4 Å². The Balaban J connectivity index is 1.99. The van der Waals surface area contributed by atoms with Crippen LogP contribution in [0.2, 0.25) is 0 Å². The topological polar surface area (TPSA) is 18.5 Å². The fraction of sp³-hybridized carbons (Fsp3) is 0.455. The largest absolute Gasteiger partial charge is 0.490 e. The van der Waals surface area contributed by atoms with Gasteiger partial charge in [0.2, 0.25) is 0 Å². The fourth-order valence-electron chi connectivity index (χ4n) is 3.52. The third-order valence-corrected chi connectivity index (χ3v) is 5.07. The fourth-order valence-corrected chi connectivity index (χ4v) is 3.52. The highest BCUT2D eigenvalue weighted by molar-refractivity contribution is 5.49. The van der Waals surface area contributed by atoms with E-state index in [2.05, 4.69) is 0 Å². The molecule has 0 saturated carbocycles. The predicted octanol–water partition coefficient (Wildman–Crippen LogP) is 6.95. The van der Waals surface area contributed by atoms with Crippen molar-refractivity contribution >= 4 is 0 Å². The SMILES string of the molecule is CCCC1CCc2cc(C(F)(F)Oc3ccc(CC)cc3)c(F)c(C(F)F)c2O1. The molecule has 1 aliphatic heterocycles. The zero-order valence-electron chi connectivity index (χ0n) is 16.3. The van der Waals surface area contributed by atoms with Crippen LogP contribution in [0, 0.1) is 5.82 Å². The van der Waals surface area contributed by atoms with Gasteiger partial charge in [-0.15, -0.1) is 0 Å². The monoisotopic (exact) mass is 414 g/mol. The minimum Gasteiger partial charge on any atom is -0.490 e. The molecule has 2 aromatic rings. The van der Waals surface area contributed by atoms with E-state index < -0.39 is 29.5 Å². The zero-order chi connectivity index (χ0) is 21.2. The van der Waals surface area contributed by atoms with Crippen LogP contribution in [0.4, 0.5) is 22.0 Å². The number of benzene rings is 2. The quantitative estimate of drug-likeness (QED) is 0.457. The minimum absolute atomic E-state index is 0.147. The molecule has 0 amide bonds. The predicted molar refractivity (Wildman–Crippen MR) is 99.3 cm³/mol. The number of alkyl halides is 4. The average molecular weight is 414 g/mol. The molecule has 0 saturated heterocycles. The van der Waals surface area contributed by atoms with Gasteiger partial charge in [-0.2, -0.15) is 8.78 Å². The van der Waals surface area contributed by atoms with Crippen LogP contribution in [-0.2, 0) is 19.0 Å². The van der Waals surface area contributed by atoms with E-state index in [0.717, 1.165) is 18.1 Å². The highest BCUT2D eigenvalue weighted by Gasteiger charge is 2.42. The highest BCUT2D eigenvalue weighted by Crippen LogP contribution is 2.44. The molecule has 29 heavy (non-hydrogen) atoms. The molecule has 0 spiro atoms. The van der Waals surface area contributed by atoms with Crippen molar-refractivity contribution in [1.29, 1.82) is 0 Å². The number of aryl methyl sites for hydroxylation is 2. The molecule has 1 aliphatic rings. The molecular formula is C22H23F5O2. The van der Waals surface area contributed by atoms with Gasteiger partial charge in [0.1, 0.15) is 22.9 Å². The number of fused-ring (bicyclic) bond motifs is 1. The van der Waals surface area contributed by atoms with E-state index in [1.165, 1.54) is 12.1 Å². The van der Waals surface area contributed by atoms with E-state index in [4.69, 9.17) is 9.47 Å². The number of halogens is 5. The van der Waals surface area contributed by atoms with E-state index >= 15 is 0 Å². The van der Waals surface area contributed by atoms with E-state index in [1.54, 1.807) is 12.1 Å². The Morgan fingerprint density at radius 3 is 2.45 bits per heavy atom. The third-order valence-electron chi connectivity index (χ3n) is 5.07. The van der Waals surface area contributed by atoms with Crippen LogP contribution in [0.1, 0.15) is 61.8 Å². The Kier molecular flexibility index (Phi) is 6.34. The summed E-state index contributed by atoms with van der Waals surface area (Å²) in [4.78, 5) is 0. The van der Waals surface area contributed by atoms with Crippen LogP contribution in [0.3, 0.4) is 0 Å². The Labute approximate surface area is 166 Å². The normalized spacial score (nSPS) is 16.5. The smallest absolute Gasteiger partial charge is 0.429 e. The minimum atomic E-state index is -4.11. The maximum absolute atomic E-state index is 14.8. The summed E-state index contributed by atoms with van der Waals surface area (Å²) in [6.45, 7) is 3.83. The van der Waals surface area contributed by atoms with Crippen LogP contribution in [0.25, 0.3) is 0 Å². The van der Waals surface area contributed by atoms with Crippen molar-refractivity contribution in [3.63, 3.8) is 0 Å². The summed E-state index contributed by atoms with van der Waals surface area (Å²) in [5.74, 6) is -2.18. The first-order valence-corrected chi connectivity index (χ1v) is 9.73. The van der Waals surface area contributed by atoms with Gasteiger partial charge in [0.15, 0.2) is 0 Å². The number of hydrogen-bond acceptors (Lipinski definition) is 2. The molecule has 0 bridgehead atoms. The van der Waals surface area contributed by atoms with Gasteiger partial charge < -0.3 is 9.47 Å². The molecule has 7 heteroatoms. The van der Waals surface area contributed by atoms with Crippen molar-refractivity contribution in [2.24, 2.45) is 0 Å². The summed E-state index contributed by atoms with van der Waals surface area (Å²) in [7, 11) is 0. The molecule has 3 rings (SSSR count). The molecule has 0 N–H and O–H groups in total. The number of hydrogen-bond donors (Lipinski definition) is 0. The van der Waals surface area contributed by atoms with Crippen LogP contribution in [0.15, 0.2) is 30.3 Å². The van der Waals surface area contributed by atoms with Crippen molar-refractivity contribution in [1.82, 2.24) is 0 Å². The maximum atomic E-state index is 14.8. The van der Waals surface area contributed by atoms with Crippen LogP contribution < -0.4 is 9.47 Å². The second-order valence-electron chi connectivity index (χ2n) is 7.12. The van der Waals surface area contributed by atoms with Crippen LogP contribution >= 0.6 is 0 Å². The van der Waals surface area contributed by atoms with Gasteiger partial charge in [0.25, 0.3) is 6.43 Å². The summed E-state index contributed by atoms with van der Waals surface area (Å²) in [6, 6.07) is 6.80. The summed E-state index contributed by atoms with van der Waals surface area (Å²) in [5, 5.41) is 0. The van der Waals surface area contributed by atoms with E-state index in [-0.39, 0.29) is 29.6 Å². The molecule has 1 unspecified atom stereocenters. The lowest BCUT2D eigenvalue weighted by molar-refractivity contribution is -0.187. The Morgan fingerprint density at radius 2 is 1.86 bits per heavy atom. The molecule has 0 radical (unpaired) electrons. The standard InChI is InChI=1S/C22H23F5O2/c1-3-5-15-11-8-14-12-17(19(23)18(21(24)25)20(14)28-15)22(26,27)29-16-9-6-13(4-2)7-10-16/h6-7,9-10,12,15,21H,3-5,8,11H2,1-2H3. The summed E-state index contributed by atoms with van der Waals surface area (Å²) in [6.07, 6.45) is -4.86. The van der Waals surface area contributed by atoms with Crippen LogP contribution in [-0.4, -0.2) is 6.10 Å². The lowest BCUT2D eigenvalue weighted by atomic mass is 9.94. The molecule has 0 fully saturated rings. The van der Waals surface area contributed by atoms with Crippen molar-refractivity contribution in [2.45, 2.75) is 64.6 Å². The molecule has 0 aromatic heterocycles. The van der Waals surface area contributed by atoms with E-state index in [0.29, 0.717) is 19.3 Å². The molecule has 158 valence electrons. The van der Waals surface area contributed by atoms with Gasteiger partial charge in [-0.3, -0.25) is 0 Å². The first kappa shape index (κ1) is 21.4. The second kappa shape index (κ2) is 8.59. The lowest BCUT2D eigenvalue weighted by Crippen LogP contribution is -2.28. The van der Waals surface area contributed by atoms with Gasteiger partial charge in [0, 0.05) is 0 Å². The van der Waals surface area contributed by atoms with Gasteiger partial charge in [-0.05, 0) is 55.0 Å². The molecule has 1 atom stereocenters. The molecule has 2 aromatic carbocycles. The summed E-state index contributed by atoms with van der Waals surface area (Å²) in [5.41, 5.74) is -1.26. The van der Waals surface area contributed by atoms with Gasteiger partial charge in [0.05, 0.1) is 11.7 Å².